The van der Waals surface area contributed by atoms with Crippen LogP contribution in [0.4, 0.5) is 13.2 Å². The van der Waals surface area contributed by atoms with Crippen molar-refractivity contribution < 1.29 is 27.8 Å². The van der Waals surface area contributed by atoms with Crippen LogP contribution in [0, 0.1) is 5.92 Å². The van der Waals surface area contributed by atoms with Gasteiger partial charge in [0.25, 0.3) is 0 Å². The minimum atomic E-state index is -4.27. The van der Waals surface area contributed by atoms with Crippen LogP contribution in [-0.2, 0) is 9.47 Å². The molecule has 0 aromatic carbocycles. The number of hydrogen-bond acceptors (Lipinski definition) is 4. The molecule has 1 N–H and O–H groups in total. The molecule has 0 radical (unpaired) electrons. The van der Waals surface area contributed by atoms with Crippen molar-refractivity contribution in [2.24, 2.45) is 5.92 Å². The van der Waals surface area contributed by atoms with Crippen LogP contribution in [0.15, 0.2) is 0 Å². The fourth-order valence-corrected chi connectivity index (χ4v) is 3.10. The number of hydrogen-bond donors (Lipinski definition) is 1. The molecule has 0 spiro atoms. The fourth-order valence-electron chi connectivity index (χ4n) is 3.10. The van der Waals surface area contributed by atoms with Crippen molar-refractivity contribution in [3.8, 4) is 0 Å². The Morgan fingerprint density at radius 1 is 1.29 bits per heavy atom. The third-order valence-electron chi connectivity index (χ3n) is 4.06. The second-order valence-electron chi connectivity index (χ2n) is 5.51. The van der Waals surface area contributed by atoms with Gasteiger partial charge in [-0.25, -0.2) is 0 Å². The summed E-state index contributed by atoms with van der Waals surface area (Å²) in [4.78, 5) is 2.12. The maximum atomic E-state index is 12.0. The highest BCUT2D eigenvalue weighted by Crippen LogP contribution is 2.29. The predicted molar refractivity (Wildman–Crippen MR) is 81.8 cm³/mol. The molecule has 8 heteroatoms. The molecule has 2 aliphatic heterocycles. The van der Waals surface area contributed by atoms with Crippen LogP contribution in [-0.4, -0.2) is 67.8 Å². The molecular weight excluding hydrogens is 402 g/mol. The summed E-state index contributed by atoms with van der Waals surface area (Å²) in [6.45, 7) is 1.32. The molecule has 126 valence electrons. The SMILES string of the molecule is I.OC1CCOCC1C1CCCN1CCOCC(F)(F)F. The molecule has 0 saturated carbocycles. The zero-order chi connectivity index (χ0) is 14.6. The summed E-state index contributed by atoms with van der Waals surface area (Å²) in [5.41, 5.74) is 0. The van der Waals surface area contributed by atoms with Crippen LogP contribution in [0.2, 0.25) is 0 Å². The van der Waals surface area contributed by atoms with E-state index in [-0.39, 0.29) is 48.6 Å². The van der Waals surface area contributed by atoms with E-state index in [0.717, 1.165) is 19.4 Å². The van der Waals surface area contributed by atoms with Gasteiger partial charge in [-0.05, 0) is 25.8 Å². The molecule has 0 aliphatic carbocycles. The molecular formula is C13H23F3INO3. The van der Waals surface area contributed by atoms with Gasteiger partial charge in [0, 0.05) is 25.1 Å². The van der Waals surface area contributed by atoms with Crippen molar-refractivity contribution in [3.63, 3.8) is 0 Å². The Morgan fingerprint density at radius 3 is 2.71 bits per heavy atom. The Hall–Kier alpha value is 0.360. The van der Waals surface area contributed by atoms with E-state index in [1.807, 2.05) is 0 Å². The third-order valence-corrected chi connectivity index (χ3v) is 4.06. The maximum absolute atomic E-state index is 12.0. The Morgan fingerprint density at radius 2 is 2.05 bits per heavy atom. The third kappa shape index (κ3) is 6.17. The van der Waals surface area contributed by atoms with Crippen molar-refractivity contribution >= 4 is 24.0 Å². The highest BCUT2D eigenvalue weighted by atomic mass is 127. The Labute approximate surface area is 140 Å². The molecule has 2 heterocycles. The highest BCUT2D eigenvalue weighted by molar-refractivity contribution is 14.0. The summed E-state index contributed by atoms with van der Waals surface area (Å²) in [6.07, 6.45) is -2.03. The second kappa shape index (κ2) is 8.85. The topological polar surface area (TPSA) is 41.9 Å². The van der Waals surface area contributed by atoms with Gasteiger partial charge in [-0.2, -0.15) is 13.2 Å². The lowest BCUT2D eigenvalue weighted by molar-refractivity contribution is -0.175. The van der Waals surface area contributed by atoms with Gasteiger partial charge in [0.2, 0.25) is 0 Å². The van der Waals surface area contributed by atoms with Gasteiger partial charge in [-0.15, -0.1) is 24.0 Å². The van der Waals surface area contributed by atoms with Crippen LogP contribution in [0.3, 0.4) is 0 Å². The van der Waals surface area contributed by atoms with E-state index in [4.69, 9.17) is 4.74 Å². The first-order valence-corrected chi connectivity index (χ1v) is 7.12. The van der Waals surface area contributed by atoms with Gasteiger partial charge in [0.1, 0.15) is 6.61 Å². The van der Waals surface area contributed by atoms with Crippen LogP contribution in [0.5, 0.6) is 0 Å². The van der Waals surface area contributed by atoms with Crippen LogP contribution < -0.4 is 0 Å². The molecule has 0 aromatic heterocycles. The standard InChI is InChI=1S/C13H22F3NO3.HI/c14-13(15,16)9-20-7-5-17-4-1-2-11(17)10-8-19-6-3-12(10)18;/h10-12,18H,1-9H2;1H. The summed E-state index contributed by atoms with van der Waals surface area (Å²) in [6, 6.07) is 0.194. The van der Waals surface area contributed by atoms with Crippen LogP contribution >= 0.6 is 24.0 Å². The minimum absolute atomic E-state index is 0. The molecule has 0 aromatic rings. The van der Waals surface area contributed by atoms with Crippen molar-refractivity contribution in [1.29, 1.82) is 0 Å². The zero-order valence-electron chi connectivity index (χ0n) is 11.8. The predicted octanol–water partition coefficient (Wildman–Crippen LogP) is 2.05. The minimum Gasteiger partial charge on any atom is -0.393 e. The number of aliphatic hydroxyl groups excluding tert-OH is 1. The van der Waals surface area contributed by atoms with E-state index in [2.05, 4.69) is 9.64 Å². The van der Waals surface area contributed by atoms with Crippen molar-refractivity contribution in [2.75, 3.05) is 39.5 Å². The van der Waals surface area contributed by atoms with Gasteiger partial charge >= 0.3 is 6.18 Å². The zero-order valence-corrected chi connectivity index (χ0v) is 14.2. The van der Waals surface area contributed by atoms with Crippen LogP contribution in [0.25, 0.3) is 0 Å². The maximum Gasteiger partial charge on any atom is 0.411 e. The lowest BCUT2D eigenvalue weighted by Crippen LogP contribution is -2.47. The van der Waals surface area contributed by atoms with Crippen LogP contribution in [0.1, 0.15) is 19.3 Å². The lowest BCUT2D eigenvalue weighted by atomic mass is 9.89. The quantitative estimate of drug-likeness (QED) is 0.541. The van der Waals surface area contributed by atoms with Gasteiger partial charge in [-0.3, -0.25) is 4.90 Å². The van der Waals surface area contributed by atoms with Crippen molar-refractivity contribution in [3.05, 3.63) is 0 Å². The first-order chi connectivity index (χ1) is 9.47. The fraction of sp³-hybridized carbons (Fsp3) is 1.00. The van der Waals surface area contributed by atoms with E-state index < -0.39 is 12.8 Å². The number of nitrogens with zero attached hydrogens (tertiary/aromatic N) is 1. The van der Waals surface area contributed by atoms with Crippen molar-refractivity contribution in [2.45, 2.75) is 37.6 Å². The Kier molecular flexibility index (Phi) is 8.18. The molecule has 0 amide bonds. The van der Waals surface area contributed by atoms with Gasteiger partial charge in [0.15, 0.2) is 0 Å². The Balaban J connectivity index is 0.00000220. The number of alkyl halides is 3. The summed E-state index contributed by atoms with van der Waals surface area (Å²) >= 11 is 0. The first kappa shape index (κ1) is 19.4. The van der Waals surface area contributed by atoms with E-state index in [0.29, 0.717) is 26.2 Å². The molecule has 0 bridgehead atoms. The molecule has 3 atom stereocenters. The van der Waals surface area contributed by atoms with E-state index >= 15 is 0 Å². The molecule has 4 nitrogen and oxygen atoms in total. The monoisotopic (exact) mass is 425 g/mol. The Bertz CT molecular complexity index is 307. The second-order valence-corrected chi connectivity index (χ2v) is 5.51. The van der Waals surface area contributed by atoms with Gasteiger partial charge in [-0.1, -0.05) is 0 Å². The summed E-state index contributed by atoms with van der Waals surface area (Å²) in [5, 5.41) is 10.0. The number of likely N-dealkylation sites (tertiary alicyclic amines) is 1. The van der Waals surface area contributed by atoms with E-state index in [1.54, 1.807) is 0 Å². The van der Waals surface area contributed by atoms with E-state index in [9.17, 15) is 18.3 Å². The number of halogens is 4. The average molecular weight is 425 g/mol. The smallest absolute Gasteiger partial charge is 0.393 e. The number of aliphatic hydroxyl groups is 1. The molecule has 3 unspecified atom stereocenters. The average Bonchev–Trinajstić information content (AvgIpc) is 2.82. The highest BCUT2D eigenvalue weighted by Gasteiger charge is 2.37. The molecule has 2 rings (SSSR count). The van der Waals surface area contributed by atoms with E-state index in [1.165, 1.54) is 0 Å². The summed E-state index contributed by atoms with van der Waals surface area (Å²) in [7, 11) is 0. The number of ether oxygens (including phenoxy) is 2. The number of rotatable bonds is 5. The van der Waals surface area contributed by atoms with Gasteiger partial charge < -0.3 is 14.6 Å². The summed E-state index contributed by atoms with van der Waals surface area (Å²) in [5.74, 6) is 0.0638. The lowest BCUT2D eigenvalue weighted by Gasteiger charge is -2.37. The molecule has 21 heavy (non-hydrogen) atoms. The molecule has 2 saturated heterocycles. The largest absolute Gasteiger partial charge is 0.411 e. The first-order valence-electron chi connectivity index (χ1n) is 7.12. The van der Waals surface area contributed by atoms with Gasteiger partial charge in [0.05, 0.1) is 19.3 Å². The normalized spacial score (nSPS) is 31.1. The van der Waals surface area contributed by atoms with Crippen molar-refractivity contribution in [1.82, 2.24) is 4.90 Å². The molecule has 2 aliphatic rings. The molecule has 2 fully saturated rings. The summed E-state index contributed by atoms with van der Waals surface area (Å²) < 4.78 is 46.0.